The number of aliphatic hydroxyl groups is 1. The quantitative estimate of drug-likeness (QED) is 0.746. The molecule has 16 heavy (non-hydrogen) atoms. The number of anilines is 1. The molecule has 0 bridgehead atoms. The number of hydrogen-bond acceptors (Lipinski definition) is 3. The predicted molar refractivity (Wildman–Crippen MR) is 67.1 cm³/mol. The highest BCUT2D eigenvalue weighted by Crippen LogP contribution is 2.21. The Kier molecular flexibility index (Phi) is 5.29. The minimum Gasteiger partial charge on any atom is -0.394 e. The van der Waals surface area contributed by atoms with Gasteiger partial charge in [0.2, 0.25) is 0 Å². The minimum atomic E-state index is 0.0905. The molecule has 0 heterocycles. The summed E-state index contributed by atoms with van der Waals surface area (Å²) < 4.78 is 5.25. The number of benzene rings is 1. The molecule has 0 saturated carbocycles. The molecular formula is C13H21NO2. The SMILES string of the molecule is Cc1cccc(N(C)CCOCCO)c1C. The second kappa shape index (κ2) is 6.51. The van der Waals surface area contributed by atoms with Gasteiger partial charge in [-0.3, -0.25) is 0 Å². The molecule has 0 spiro atoms. The molecule has 0 aliphatic heterocycles. The van der Waals surface area contributed by atoms with E-state index in [-0.39, 0.29) is 6.61 Å². The normalized spacial score (nSPS) is 10.5. The van der Waals surface area contributed by atoms with Crippen molar-refractivity contribution in [2.75, 3.05) is 38.3 Å². The van der Waals surface area contributed by atoms with E-state index in [4.69, 9.17) is 9.84 Å². The van der Waals surface area contributed by atoms with E-state index < -0.39 is 0 Å². The average molecular weight is 223 g/mol. The lowest BCUT2D eigenvalue weighted by molar-refractivity contribution is 0.0971. The highest BCUT2D eigenvalue weighted by molar-refractivity contribution is 5.55. The monoisotopic (exact) mass is 223 g/mol. The lowest BCUT2D eigenvalue weighted by atomic mass is 10.1. The van der Waals surface area contributed by atoms with Crippen LogP contribution >= 0.6 is 0 Å². The summed E-state index contributed by atoms with van der Waals surface area (Å²) in [4.78, 5) is 2.18. The first kappa shape index (κ1) is 13.0. The molecular weight excluding hydrogens is 202 g/mol. The molecule has 1 N–H and O–H groups in total. The first-order valence-electron chi connectivity index (χ1n) is 5.62. The van der Waals surface area contributed by atoms with Crippen LogP contribution in [0.2, 0.25) is 0 Å². The van der Waals surface area contributed by atoms with Gasteiger partial charge in [0.1, 0.15) is 0 Å². The number of ether oxygens (including phenoxy) is 1. The molecule has 1 rings (SSSR count). The maximum atomic E-state index is 8.59. The Labute approximate surface area is 97.7 Å². The molecule has 0 saturated heterocycles. The molecule has 1 aromatic carbocycles. The molecule has 0 aromatic heterocycles. The second-order valence-corrected chi connectivity index (χ2v) is 3.98. The van der Waals surface area contributed by atoms with Gasteiger partial charge in [-0.15, -0.1) is 0 Å². The molecule has 0 unspecified atom stereocenters. The van der Waals surface area contributed by atoms with E-state index in [0.29, 0.717) is 13.2 Å². The van der Waals surface area contributed by atoms with Crippen molar-refractivity contribution < 1.29 is 9.84 Å². The summed E-state index contributed by atoms with van der Waals surface area (Å²) >= 11 is 0. The van der Waals surface area contributed by atoms with E-state index in [1.54, 1.807) is 0 Å². The number of nitrogens with zero attached hydrogens (tertiary/aromatic N) is 1. The predicted octanol–water partition coefficient (Wildman–Crippen LogP) is 1.75. The molecule has 0 aliphatic carbocycles. The van der Waals surface area contributed by atoms with Crippen LogP contribution in [0.1, 0.15) is 11.1 Å². The average Bonchev–Trinajstić information content (AvgIpc) is 2.28. The highest BCUT2D eigenvalue weighted by atomic mass is 16.5. The Morgan fingerprint density at radius 2 is 2.00 bits per heavy atom. The molecule has 0 aliphatic rings. The van der Waals surface area contributed by atoms with Gasteiger partial charge < -0.3 is 14.7 Å². The Bertz CT molecular complexity index is 326. The Morgan fingerprint density at radius 3 is 2.69 bits per heavy atom. The molecule has 90 valence electrons. The van der Waals surface area contributed by atoms with Crippen molar-refractivity contribution in [3.8, 4) is 0 Å². The summed E-state index contributed by atoms with van der Waals surface area (Å²) in [6.07, 6.45) is 0. The number of aliphatic hydroxyl groups excluding tert-OH is 1. The number of likely N-dealkylation sites (N-methyl/N-ethyl adjacent to an activating group) is 1. The van der Waals surface area contributed by atoms with E-state index in [1.165, 1.54) is 16.8 Å². The maximum Gasteiger partial charge on any atom is 0.0698 e. The van der Waals surface area contributed by atoms with Gasteiger partial charge in [-0.25, -0.2) is 0 Å². The summed E-state index contributed by atoms with van der Waals surface area (Å²) in [7, 11) is 2.06. The summed E-state index contributed by atoms with van der Waals surface area (Å²) in [5.74, 6) is 0. The van der Waals surface area contributed by atoms with Crippen LogP contribution in [0.15, 0.2) is 18.2 Å². The molecule has 0 fully saturated rings. The zero-order valence-corrected chi connectivity index (χ0v) is 10.4. The van der Waals surface area contributed by atoms with Crippen LogP contribution in [0, 0.1) is 13.8 Å². The van der Waals surface area contributed by atoms with Gasteiger partial charge in [-0.05, 0) is 31.0 Å². The smallest absolute Gasteiger partial charge is 0.0698 e. The van der Waals surface area contributed by atoms with Crippen LogP contribution in [0.25, 0.3) is 0 Å². The molecule has 0 radical (unpaired) electrons. The lowest BCUT2D eigenvalue weighted by Crippen LogP contribution is -2.24. The van der Waals surface area contributed by atoms with Crippen molar-refractivity contribution in [1.29, 1.82) is 0 Å². The van der Waals surface area contributed by atoms with Crippen LogP contribution in [0.4, 0.5) is 5.69 Å². The van der Waals surface area contributed by atoms with Crippen LogP contribution in [-0.4, -0.2) is 38.5 Å². The van der Waals surface area contributed by atoms with Gasteiger partial charge in [0.15, 0.2) is 0 Å². The van der Waals surface area contributed by atoms with Crippen molar-refractivity contribution in [3.05, 3.63) is 29.3 Å². The number of aryl methyl sites for hydroxylation is 1. The Balaban J connectivity index is 2.52. The third kappa shape index (κ3) is 3.51. The summed E-state index contributed by atoms with van der Waals surface area (Å²) in [5, 5.41) is 8.59. The van der Waals surface area contributed by atoms with E-state index in [9.17, 15) is 0 Å². The van der Waals surface area contributed by atoms with Gasteiger partial charge in [-0.1, -0.05) is 12.1 Å². The van der Waals surface area contributed by atoms with E-state index in [0.717, 1.165) is 6.54 Å². The van der Waals surface area contributed by atoms with E-state index in [2.05, 4.69) is 44.0 Å². The van der Waals surface area contributed by atoms with Crippen molar-refractivity contribution in [2.45, 2.75) is 13.8 Å². The van der Waals surface area contributed by atoms with Crippen molar-refractivity contribution >= 4 is 5.69 Å². The molecule has 3 heteroatoms. The first-order chi connectivity index (χ1) is 7.66. The van der Waals surface area contributed by atoms with Crippen LogP contribution in [0.3, 0.4) is 0 Å². The van der Waals surface area contributed by atoms with Gasteiger partial charge in [0.05, 0.1) is 19.8 Å². The molecule has 3 nitrogen and oxygen atoms in total. The van der Waals surface area contributed by atoms with Gasteiger partial charge in [0.25, 0.3) is 0 Å². The summed E-state index contributed by atoms with van der Waals surface area (Å²) in [6, 6.07) is 6.31. The fraction of sp³-hybridized carbons (Fsp3) is 0.538. The fourth-order valence-corrected chi connectivity index (χ4v) is 1.64. The summed E-state index contributed by atoms with van der Waals surface area (Å²) in [5.41, 5.74) is 3.86. The first-order valence-corrected chi connectivity index (χ1v) is 5.62. The third-order valence-corrected chi connectivity index (χ3v) is 2.79. The van der Waals surface area contributed by atoms with Gasteiger partial charge in [0, 0.05) is 19.3 Å². The largest absolute Gasteiger partial charge is 0.394 e. The zero-order valence-electron chi connectivity index (χ0n) is 10.4. The van der Waals surface area contributed by atoms with Gasteiger partial charge in [-0.2, -0.15) is 0 Å². The Morgan fingerprint density at radius 1 is 1.25 bits per heavy atom. The topological polar surface area (TPSA) is 32.7 Å². The van der Waals surface area contributed by atoms with Crippen LogP contribution in [-0.2, 0) is 4.74 Å². The van der Waals surface area contributed by atoms with E-state index in [1.807, 2.05) is 0 Å². The lowest BCUT2D eigenvalue weighted by Gasteiger charge is -2.22. The molecule has 1 aromatic rings. The standard InChI is InChI=1S/C13H21NO2/c1-11-5-4-6-13(12(11)2)14(3)7-9-16-10-8-15/h4-6,15H,7-10H2,1-3H3. The fourth-order valence-electron chi connectivity index (χ4n) is 1.64. The van der Waals surface area contributed by atoms with Crippen molar-refractivity contribution in [3.63, 3.8) is 0 Å². The van der Waals surface area contributed by atoms with Crippen LogP contribution < -0.4 is 4.90 Å². The van der Waals surface area contributed by atoms with E-state index >= 15 is 0 Å². The molecule has 0 amide bonds. The number of rotatable bonds is 6. The summed E-state index contributed by atoms with van der Waals surface area (Å²) in [6.45, 7) is 6.24. The highest BCUT2D eigenvalue weighted by Gasteiger charge is 2.05. The maximum absolute atomic E-state index is 8.59. The zero-order chi connectivity index (χ0) is 12.0. The van der Waals surface area contributed by atoms with Gasteiger partial charge >= 0.3 is 0 Å². The molecule has 0 atom stereocenters. The second-order valence-electron chi connectivity index (χ2n) is 3.98. The van der Waals surface area contributed by atoms with Crippen LogP contribution in [0.5, 0.6) is 0 Å². The van der Waals surface area contributed by atoms with Crippen molar-refractivity contribution in [2.24, 2.45) is 0 Å². The minimum absolute atomic E-state index is 0.0905. The Hall–Kier alpha value is -1.06. The van der Waals surface area contributed by atoms with Crippen molar-refractivity contribution in [1.82, 2.24) is 0 Å². The third-order valence-electron chi connectivity index (χ3n) is 2.79. The number of hydrogen-bond donors (Lipinski definition) is 1.